The Kier molecular flexibility index (Phi) is 2.72. The van der Waals surface area contributed by atoms with Crippen molar-refractivity contribution in [3.63, 3.8) is 0 Å². The predicted octanol–water partition coefficient (Wildman–Crippen LogP) is 2.43. The van der Waals surface area contributed by atoms with Gasteiger partial charge in [-0.15, -0.1) is 0 Å². The van der Waals surface area contributed by atoms with E-state index in [1.807, 2.05) is 0 Å². The summed E-state index contributed by atoms with van der Waals surface area (Å²) in [5, 5.41) is 3.63. The van der Waals surface area contributed by atoms with E-state index in [0.29, 0.717) is 11.5 Å². The van der Waals surface area contributed by atoms with E-state index in [4.69, 9.17) is 0 Å². The summed E-state index contributed by atoms with van der Waals surface area (Å²) in [7, 11) is 0. The molecule has 2 unspecified atom stereocenters. The first-order chi connectivity index (χ1) is 8.17. The number of nitrogens with one attached hydrogen (secondary N) is 1. The van der Waals surface area contributed by atoms with E-state index in [1.165, 1.54) is 18.5 Å². The van der Waals surface area contributed by atoms with Crippen LogP contribution in [0.3, 0.4) is 0 Å². The molecule has 1 aromatic rings. The van der Waals surface area contributed by atoms with Crippen LogP contribution in [0.25, 0.3) is 0 Å². The molecule has 2 aliphatic rings. The minimum atomic E-state index is 0.515. The number of hydrogen-bond acceptors (Lipinski definition) is 2. The Bertz CT molecular complexity index is 385. The van der Waals surface area contributed by atoms with Crippen LogP contribution in [0, 0.1) is 5.41 Å². The molecule has 0 spiro atoms. The highest BCUT2D eigenvalue weighted by Gasteiger charge is 2.49. The molecular weight excluding hydrogens is 208 g/mol. The first kappa shape index (κ1) is 11.2. The van der Waals surface area contributed by atoms with E-state index in [-0.39, 0.29) is 0 Å². The van der Waals surface area contributed by atoms with Gasteiger partial charge in [0.15, 0.2) is 0 Å². The van der Waals surface area contributed by atoms with Crippen molar-refractivity contribution in [2.75, 3.05) is 19.6 Å². The van der Waals surface area contributed by atoms with Crippen molar-refractivity contribution in [1.29, 1.82) is 0 Å². The first-order valence-electron chi connectivity index (χ1n) is 6.69. The SMILES string of the molecule is CC1(C)CC1N1CCNC(c2ccccc2)C1. The molecular formula is C15H22N2. The summed E-state index contributed by atoms with van der Waals surface area (Å²) in [5.74, 6) is 0. The maximum atomic E-state index is 3.63. The maximum Gasteiger partial charge on any atom is 0.0449 e. The van der Waals surface area contributed by atoms with Crippen LogP contribution >= 0.6 is 0 Å². The van der Waals surface area contributed by atoms with Crippen LogP contribution in [-0.2, 0) is 0 Å². The number of hydrogen-bond donors (Lipinski definition) is 1. The van der Waals surface area contributed by atoms with Crippen LogP contribution in [0.1, 0.15) is 31.9 Å². The summed E-state index contributed by atoms with van der Waals surface area (Å²) in [6.45, 7) is 8.26. The molecule has 1 saturated carbocycles. The molecule has 2 heteroatoms. The van der Waals surface area contributed by atoms with Gasteiger partial charge in [0.25, 0.3) is 0 Å². The van der Waals surface area contributed by atoms with E-state index in [0.717, 1.165) is 19.1 Å². The molecule has 1 aliphatic carbocycles. The number of nitrogens with zero attached hydrogens (tertiary/aromatic N) is 1. The second kappa shape index (κ2) is 4.11. The van der Waals surface area contributed by atoms with Crippen LogP contribution in [0.15, 0.2) is 30.3 Å². The van der Waals surface area contributed by atoms with Gasteiger partial charge < -0.3 is 5.32 Å². The molecule has 0 aromatic heterocycles. The number of benzene rings is 1. The van der Waals surface area contributed by atoms with Gasteiger partial charge in [0, 0.05) is 31.7 Å². The summed E-state index contributed by atoms with van der Waals surface area (Å²) in [4.78, 5) is 2.67. The van der Waals surface area contributed by atoms with Crippen LogP contribution in [0.5, 0.6) is 0 Å². The summed E-state index contributed by atoms with van der Waals surface area (Å²) in [5.41, 5.74) is 1.98. The molecule has 1 N–H and O–H groups in total. The molecule has 2 atom stereocenters. The Balaban J connectivity index is 1.68. The molecule has 3 rings (SSSR count). The van der Waals surface area contributed by atoms with Crippen molar-refractivity contribution < 1.29 is 0 Å². The topological polar surface area (TPSA) is 15.3 Å². The normalized spacial score (nSPS) is 32.4. The Morgan fingerprint density at radius 1 is 1.24 bits per heavy atom. The van der Waals surface area contributed by atoms with Gasteiger partial charge in [-0.1, -0.05) is 44.2 Å². The Morgan fingerprint density at radius 3 is 2.59 bits per heavy atom. The van der Waals surface area contributed by atoms with E-state index >= 15 is 0 Å². The molecule has 92 valence electrons. The average Bonchev–Trinajstić information content (AvgIpc) is 3.00. The van der Waals surface area contributed by atoms with E-state index < -0.39 is 0 Å². The molecule has 2 fully saturated rings. The van der Waals surface area contributed by atoms with Gasteiger partial charge in [0.2, 0.25) is 0 Å². The molecule has 0 radical (unpaired) electrons. The lowest BCUT2D eigenvalue weighted by atomic mass is 10.0. The average molecular weight is 230 g/mol. The first-order valence-corrected chi connectivity index (χ1v) is 6.69. The van der Waals surface area contributed by atoms with Crippen molar-refractivity contribution in [1.82, 2.24) is 10.2 Å². The Hall–Kier alpha value is -0.860. The molecule has 0 amide bonds. The lowest BCUT2D eigenvalue weighted by Gasteiger charge is -2.35. The molecule has 17 heavy (non-hydrogen) atoms. The molecule has 2 nitrogen and oxygen atoms in total. The van der Waals surface area contributed by atoms with Gasteiger partial charge in [-0.25, -0.2) is 0 Å². The smallest absolute Gasteiger partial charge is 0.0449 e. The Labute approximate surface area is 104 Å². The largest absolute Gasteiger partial charge is 0.308 e. The zero-order chi connectivity index (χ0) is 11.9. The van der Waals surface area contributed by atoms with Crippen LogP contribution in [0.4, 0.5) is 0 Å². The van der Waals surface area contributed by atoms with Crippen molar-refractivity contribution in [3.8, 4) is 0 Å². The van der Waals surface area contributed by atoms with E-state index in [1.54, 1.807) is 0 Å². The molecule has 1 aliphatic heterocycles. The van der Waals surface area contributed by atoms with Gasteiger partial charge in [0.1, 0.15) is 0 Å². The van der Waals surface area contributed by atoms with Crippen molar-refractivity contribution in [2.45, 2.75) is 32.4 Å². The maximum absolute atomic E-state index is 3.63. The zero-order valence-electron chi connectivity index (χ0n) is 10.8. The summed E-state index contributed by atoms with van der Waals surface area (Å²) >= 11 is 0. The molecule has 1 aromatic carbocycles. The highest BCUT2D eigenvalue weighted by Crippen LogP contribution is 2.49. The minimum absolute atomic E-state index is 0.515. The van der Waals surface area contributed by atoms with Gasteiger partial charge >= 0.3 is 0 Å². The third kappa shape index (κ3) is 2.24. The van der Waals surface area contributed by atoms with Crippen LogP contribution < -0.4 is 5.32 Å². The third-order valence-electron chi connectivity index (χ3n) is 4.31. The summed E-state index contributed by atoms with van der Waals surface area (Å²) in [6.07, 6.45) is 1.37. The zero-order valence-corrected chi connectivity index (χ0v) is 10.8. The highest BCUT2D eigenvalue weighted by molar-refractivity contribution is 5.20. The highest BCUT2D eigenvalue weighted by atomic mass is 15.3. The lowest BCUT2D eigenvalue weighted by Crippen LogP contribution is -2.47. The van der Waals surface area contributed by atoms with Crippen molar-refractivity contribution in [3.05, 3.63) is 35.9 Å². The van der Waals surface area contributed by atoms with Crippen molar-refractivity contribution >= 4 is 0 Å². The molecule has 1 saturated heterocycles. The van der Waals surface area contributed by atoms with E-state index in [2.05, 4.69) is 54.4 Å². The van der Waals surface area contributed by atoms with Crippen LogP contribution in [-0.4, -0.2) is 30.6 Å². The second-order valence-electron chi connectivity index (χ2n) is 6.12. The fraction of sp³-hybridized carbons (Fsp3) is 0.600. The lowest BCUT2D eigenvalue weighted by molar-refractivity contribution is 0.174. The predicted molar refractivity (Wildman–Crippen MR) is 70.9 cm³/mol. The molecule has 0 bridgehead atoms. The van der Waals surface area contributed by atoms with Gasteiger partial charge in [-0.05, 0) is 17.4 Å². The van der Waals surface area contributed by atoms with Gasteiger partial charge in [-0.2, -0.15) is 0 Å². The monoisotopic (exact) mass is 230 g/mol. The number of rotatable bonds is 2. The fourth-order valence-corrected chi connectivity index (χ4v) is 3.03. The fourth-order valence-electron chi connectivity index (χ4n) is 3.03. The number of piperazine rings is 1. The third-order valence-corrected chi connectivity index (χ3v) is 4.31. The van der Waals surface area contributed by atoms with Gasteiger partial charge in [0.05, 0.1) is 0 Å². The van der Waals surface area contributed by atoms with Gasteiger partial charge in [-0.3, -0.25) is 4.90 Å². The standard InChI is InChI=1S/C15H22N2/c1-15(2)10-14(15)17-9-8-16-13(11-17)12-6-4-3-5-7-12/h3-7,13-14,16H,8-11H2,1-2H3. The second-order valence-corrected chi connectivity index (χ2v) is 6.12. The Morgan fingerprint density at radius 2 is 1.94 bits per heavy atom. The van der Waals surface area contributed by atoms with E-state index in [9.17, 15) is 0 Å². The molecule has 1 heterocycles. The minimum Gasteiger partial charge on any atom is -0.308 e. The van der Waals surface area contributed by atoms with Crippen molar-refractivity contribution in [2.24, 2.45) is 5.41 Å². The quantitative estimate of drug-likeness (QED) is 0.839. The summed E-state index contributed by atoms with van der Waals surface area (Å²) in [6, 6.07) is 12.2. The van der Waals surface area contributed by atoms with Crippen LogP contribution in [0.2, 0.25) is 0 Å². The summed E-state index contributed by atoms with van der Waals surface area (Å²) < 4.78 is 0.